The highest BCUT2D eigenvalue weighted by molar-refractivity contribution is 4.95. The highest BCUT2D eigenvalue weighted by Gasteiger charge is 2.45. The molecule has 4 heteroatoms. The Balaban J connectivity index is 1.99. The Kier molecular flexibility index (Phi) is 5.63. The molecule has 0 amide bonds. The lowest BCUT2D eigenvalue weighted by Crippen LogP contribution is -2.57. The number of nitrogens with one attached hydrogen (secondary N) is 1. The van der Waals surface area contributed by atoms with Crippen molar-refractivity contribution in [3.63, 3.8) is 0 Å². The van der Waals surface area contributed by atoms with Gasteiger partial charge < -0.3 is 19.7 Å². The van der Waals surface area contributed by atoms with Crippen LogP contribution in [0.25, 0.3) is 0 Å². The maximum atomic E-state index is 5.92. The number of hydrogen-bond acceptors (Lipinski definition) is 4. The smallest absolute Gasteiger partial charge is 0.170 e. The standard InChI is InChI=1S/C15H30N2O2/c1-4-6-9-17(3)14-12-15(18-10-11-19-15)8-7-13(14)16-5-2/h13-14,16H,4-12H2,1-3H3. The van der Waals surface area contributed by atoms with E-state index in [-0.39, 0.29) is 5.79 Å². The van der Waals surface area contributed by atoms with Crippen LogP contribution in [-0.2, 0) is 9.47 Å². The topological polar surface area (TPSA) is 33.7 Å². The fraction of sp³-hybridized carbons (Fsp3) is 1.00. The summed E-state index contributed by atoms with van der Waals surface area (Å²) in [5.41, 5.74) is 0. The minimum atomic E-state index is -0.281. The van der Waals surface area contributed by atoms with Crippen molar-refractivity contribution in [1.82, 2.24) is 10.2 Å². The SMILES string of the molecule is CCCCN(C)C1CC2(CCC1NCC)OCCO2. The highest BCUT2D eigenvalue weighted by atomic mass is 16.7. The molecule has 0 aromatic heterocycles. The summed E-state index contributed by atoms with van der Waals surface area (Å²) in [7, 11) is 2.25. The van der Waals surface area contributed by atoms with E-state index in [2.05, 4.69) is 31.1 Å². The molecule has 2 atom stereocenters. The van der Waals surface area contributed by atoms with E-state index < -0.39 is 0 Å². The van der Waals surface area contributed by atoms with Gasteiger partial charge in [-0.25, -0.2) is 0 Å². The van der Waals surface area contributed by atoms with Crippen LogP contribution >= 0.6 is 0 Å². The van der Waals surface area contributed by atoms with Crippen molar-refractivity contribution in [2.75, 3.05) is 33.4 Å². The zero-order valence-corrected chi connectivity index (χ0v) is 12.8. The number of rotatable bonds is 6. The van der Waals surface area contributed by atoms with Gasteiger partial charge in [0.15, 0.2) is 5.79 Å². The minimum Gasteiger partial charge on any atom is -0.347 e. The first-order valence-corrected chi connectivity index (χ1v) is 7.92. The Morgan fingerprint density at radius 1 is 1.26 bits per heavy atom. The summed E-state index contributed by atoms with van der Waals surface area (Å²) >= 11 is 0. The van der Waals surface area contributed by atoms with Gasteiger partial charge >= 0.3 is 0 Å². The van der Waals surface area contributed by atoms with E-state index in [1.807, 2.05) is 0 Å². The van der Waals surface area contributed by atoms with Crippen molar-refractivity contribution in [2.45, 2.75) is 63.8 Å². The van der Waals surface area contributed by atoms with E-state index in [9.17, 15) is 0 Å². The van der Waals surface area contributed by atoms with E-state index in [4.69, 9.17) is 9.47 Å². The molecule has 4 nitrogen and oxygen atoms in total. The molecular weight excluding hydrogens is 240 g/mol. The molecule has 1 N–H and O–H groups in total. The lowest BCUT2D eigenvalue weighted by Gasteiger charge is -2.45. The molecule has 1 saturated carbocycles. The quantitative estimate of drug-likeness (QED) is 0.800. The van der Waals surface area contributed by atoms with Crippen LogP contribution in [0.5, 0.6) is 0 Å². The van der Waals surface area contributed by atoms with E-state index in [0.717, 1.165) is 39.0 Å². The predicted octanol–water partition coefficient (Wildman–Crippen LogP) is 1.99. The van der Waals surface area contributed by atoms with Gasteiger partial charge in [0.25, 0.3) is 0 Å². The summed E-state index contributed by atoms with van der Waals surface area (Å²) in [4.78, 5) is 2.50. The molecule has 2 fully saturated rings. The Hall–Kier alpha value is -0.160. The molecule has 1 spiro atoms. The van der Waals surface area contributed by atoms with Crippen LogP contribution in [0.4, 0.5) is 0 Å². The van der Waals surface area contributed by atoms with E-state index >= 15 is 0 Å². The van der Waals surface area contributed by atoms with Crippen LogP contribution in [0.3, 0.4) is 0 Å². The molecule has 2 unspecified atom stereocenters. The number of likely N-dealkylation sites (N-methyl/N-ethyl adjacent to an activating group) is 2. The third kappa shape index (κ3) is 3.69. The van der Waals surface area contributed by atoms with Crippen molar-refractivity contribution in [2.24, 2.45) is 0 Å². The fourth-order valence-corrected chi connectivity index (χ4v) is 3.43. The van der Waals surface area contributed by atoms with Gasteiger partial charge in [-0.1, -0.05) is 20.3 Å². The van der Waals surface area contributed by atoms with Crippen LogP contribution in [0.1, 0.15) is 46.0 Å². The van der Waals surface area contributed by atoms with Crippen LogP contribution in [0.15, 0.2) is 0 Å². The van der Waals surface area contributed by atoms with Gasteiger partial charge in [-0.15, -0.1) is 0 Å². The summed E-state index contributed by atoms with van der Waals surface area (Å²) in [6.07, 6.45) is 5.70. The summed E-state index contributed by atoms with van der Waals surface area (Å²) in [6.45, 7) is 8.17. The van der Waals surface area contributed by atoms with Gasteiger partial charge in [-0.3, -0.25) is 0 Å². The van der Waals surface area contributed by atoms with Crippen molar-refractivity contribution in [3.05, 3.63) is 0 Å². The Labute approximate surface area is 117 Å². The number of ether oxygens (including phenoxy) is 2. The zero-order valence-electron chi connectivity index (χ0n) is 12.8. The molecule has 1 aliphatic carbocycles. The molecule has 0 radical (unpaired) electrons. The second-order valence-corrected chi connectivity index (χ2v) is 5.92. The zero-order chi connectivity index (χ0) is 13.7. The first-order valence-electron chi connectivity index (χ1n) is 7.92. The van der Waals surface area contributed by atoms with Crippen molar-refractivity contribution in [3.8, 4) is 0 Å². The Morgan fingerprint density at radius 3 is 2.63 bits per heavy atom. The summed E-state index contributed by atoms with van der Waals surface area (Å²) in [5, 5.41) is 3.65. The van der Waals surface area contributed by atoms with Crippen molar-refractivity contribution < 1.29 is 9.47 Å². The molecule has 2 rings (SSSR count). The van der Waals surface area contributed by atoms with Gasteiger partial charge in [-0.05, 0) is 33.0 Å². The van der Waals surface area contributed by atoms with E-state index in [1.165, 1.54) is 19.4 Å². The van der Waals surface area contributed by atoms with Crippen molar-refractivity contribution >= 4 is 0 Å². The third-order valence-electron chi connectivity index (χ3n) is 4.53. The Morgan fingerprint density at radius 2 is 2.00 bits per heavy atom. The predicted molar refractivity (Wildman–Crippen MR) is 77.3 cm³/mol. The van der Waals surface area contributed by atoms with Gasteiger partial charge in [0, 0.05) is 24.9 Å². The molecule has 19 heavy (non-hydrogen) atoms. The normalized spacial score (nSPS) is 30.3. The highest BCUT2D eigenvalue weighted by Crippen LogP contribution is 2.37. The lowest BCUT2D eigenvalue weighted by atomic mass is 9.84. The van der Waals surface area contributed by atoms with Crippen LogP contribution in [0.2, 0.25) is 0 Å². The molecule has 1 saturated heterocycles. The second-order valence-electron chi connectivity index (χ2n) is 5.92. The van der Waals surface area contributed by atoms with Gasteiger partial charge in [-0.2, -0.15) is 0 Å². The monoisotopic (exact) mass is 270 g/mol. The largest absolute Gasteiger partial charge is 0.347 e. The fourth-order valence-electron chi connectivity index (χ4n) is 3.43. The molecule has 2 aliphatic rings. The van der Waals surface area contributed by atoms with Gasteiger partial charge in [0.1, 0.15) is 0 Å². The first kappa shape index (κ1) is 15.2. The van der Waals surface area contributed by atoms with E-state index in [0.29, 0.717) is 12.1 Å². The molecular formula is C15H30N2O2. The second kappa shape index (κ2) is 7.02. The maximum Gasteiger partial charge on any atom is 0.170 e. The molecule has 0 bridgehead atoms. The van der Waals surface area contributed by atoms with E-state index in [1.54, 1.807) is 0 Å². The molecule has 0 aromatic carbocycles. The first-order chi connectivity index (χ1) is 9.21. The summed E-state index contributed by atoms with van der Waals surface area (Å²) in [5.74, 6) is -0.281. The summed E-state index contributed by atoms with van der Waals surface area (Å²) in [6, 6.07) is 1.10. The average Bonchev–Trinajstić information content (AvgIpc) is 2.87. The van der Waals surface area contributed by atoms with Gasteiger partial charge in [0.2, 0.25) is 0 Å². The molecule has 1 aliphatic heterocycles. The van der Waals surface area contributed by atoms with Gasteiger partial charge in [0.05, 0.1) is 13.2 Å². The maximum absolute atomic E-state index is 5.92. The summed E-state index contributed by atoms with van der Waals surface area (Å²) < 4.78 is 11.8. The van der Waals surface area contributed by atoms with Crippen molar-refractivity contribution in [1.29, 1.82) is 0 Å². The lowest BCUT2D eigenvalue weighted by molar-refractivity contribution is -0.192. The molecule has 0 aromatic rings. The van der Waals surface area contributed by atoms with Crippen LogP contribution in [-0.4, -0.2) is 56.1 Å². The Bertz CT molecular complexity index is 267. The molecule has 1 heterocycles. The van der Waals surface area contributed by atoms with Crippen LogP contribution < -0.4 is 5.32 Å². The molecule has 112 valence electrons. The number of hydrogen-bond donors (Lipinski definition) is 1. The van der Waals surface area contributed by atoms with Crippen LogP contribution in [0, 0.1) is 0 Å². The number of nitrogens with zero attached hydrogens (tertiary/aromatic N) is 1. The number of unbranched alkanes of at least 4 members (excludes halogenated alkanes) is 1. The average molecular weight is 270 g/mol. The third-order valence-corrected chi connectivity index (χ3v) is 4.53. The minimum absolute atomic E-state index is 0.281.